The maximum atomic E-state index is 12.8. The molecular weight excluding hydrogens is 547 g/mol. The molecule has 2 aliphatic heterocycles. The number of nitrogens with zero attached hydrogens (tertiary/aromatic N) is 4. The van der Waals surface area contributed by atoms with E-state index in [1.165, 1.54) is 11.8 Å². The normalized spacial score (nSPS) is 20.4. The quantitative estimate of drug-likeness (QED) is 0.209. The number of hydrogen-bond donors (Lipinski definition) is 4. The van der Waals surface area contributed by atoms with E-state index in [-0.39, 0.29) is 35.4 Å². The molecule has 1 fully saturated rings. The van der Waals surface area contributed by atoms with Crippen LogP contribution in [0.4, 0.5) is 13.2 Å². The number of amides is 3. The molecule has 2 unspecified atom stereocenters. The number of aliphatic carboxylic acids is 1. The molecule has 0 bridgehead atoms. The van der Waals surface area contributed by atoms with Crippen LogP contribution in [0.15, 0.2) is 16.4 Å². The van der Waals surface area contributed by atoms with E-state index in [2.05, 4.69) is 31.3 Å². The molecule has 3 atom stereocenters. The fraction of sp³-hybridized carbons (Fsp3) is 0.611. The molecule has 0 aliphatic carbocycles. The van der Waals surface area contributed by atoms with Gasteiger partial charge in [0.2, 0.25) is 17.0 Å². The van der Waals surface area contributed by atoms with Crippen molar-refractivity contribution in [2.45, 2.75) is 53.5 Å². The van der Waals surface area contributed by atoms with Crippen molar-refractivity contribution in [2.75, 3.05) is 18.1 Å². The largest absolute Gasteiger partial charge is 0.477 e. The van der Waals surface area contributed by atoms with Gasteiger partial charge in [-0.2, -0.15) is 18.4 Å². The molecule has 3 rings (SSSR count). The van der Waals surface area contributed by atoms with Gasteiger partial charge in [0.15, 0.2) is 0 Å². The van der Waals surface area contributed by atoms with Gasteiger partial charge in [0.05, 0.1) is 5.75 Å². The first kappa shape index (κ1) is 28.1. The fourth-order valence-corrected chi connectivity index (χ4v) is 6.42. The van der Waals surface area contributed by atoms with E-state index in [9.17, 15) is 37.5 Å². The first-order valence-corrected chi connectivity index (χ1v) is 13.5. The number of aromatic amines is 1. The molecule has 198 valence electrons. The molecule has 4 N–H and O–H groups in total. The molecule has 3 amide bonds. The van der Waals surface area contributed by atoms with Gasteiger partial charge < -0.3 is 15.7 Å². The lowest BCUT2D eigenvalue weighted by molar-refractivity contribution is -0.150. The lowest BCUT2D eigenvalue weighted by atomic mass is 9.99. The number of β-lactam (4-membered cyclic amide) rings is 1. The van der Waals surface area contributed by atoms with Gasteiger partial charge in [-0.25, -0.2) is 4.79 Å². The van der Waals surface area contributed by atoms with Crippen LogP contribution < -0.4 is 10.6 Å². The maximum absolute atomic E-state index is 12.8. The van der Waals surface area contributed by atoms with Crippen LogP contribution in [0.2, 0.25) is 0 Å². The van der Waals surface area contributed by atoms with Crippen molar-refractivity contribution in [3.8, 4) is 0 Å². The van der Waals surface area contributed by atoms with Crippen LogP contribution in [0.25, 0.3) is 0 Å². The predicted octanol–water partition coefficient (Wildman–Crippen LogP) is 0.958. The van der Waals surface area contributed by atoms with Gasteiger partial charge in [0.25, 0.3) is 5.91 Å². The van der Waals surface area contributed by atoms with E-state index in [1.807, 2.05) is 6.92 Å². The number of halogens is 3. The molecule has 3 heterocycles. The molecule has 12 nitrogen and oxygen atoms in total. The minimum Gasteiger partial charge on any atom is -0.477 e. The van der Waals surface area contributed by atoms with Gasteiger partial charge in [0, 0.05) is 24.0 Å². The second-order valence-electron chi connectivity index (χ2n) is 7.56. The number of aromatic nitrogens is 4. The van der Waals surface area contributed by atoms with Crippen molar-refractivity contribution in [2.24, 2.45) is 0 Å². The highest BCUT2D eigenvalue weighted by atomic mass is 32.2. The van der Waals surface area contributed by atoms with Crippen LogP contribution in [-0.4, -0.2) is 94.5 Å². The Morgan fingerprint density at radius 3 is 2.69 bits per heavy atom. The van der Waals surface area contributed by atoms with Gasteiger partial charge >= 0.3 is 11.5 Å². The second-order valence-corrected chi connectivity index (χ2v) is 10.9. The topological polar surface area (TPSA) is 170 Å². The summed E-state index contributed by atoms with van der Waals surface area (Å²) in [6.45, 7) is 2.41. The number of thioether (sulfide) groups is 3. The SMILES string of the molecule is CCCNC(=O)CCC(Sc1nn[nH]n1)C1=C(C(=O)O)N2C(=O)C(NC(=O)CSC(F)(F)F)[C@@H]2SC1. The summed E-state index contributed by atoms with van der Waals surface area (Å²) >= 11 is 1.73. The second kappa shape index (κ2) is 12.2. The number of H-pyrrole nitrogens is 1. The zero-order valence-electron chi connectivity index (χ0n) is 18.7. The van der Waals surface area contributed by atoms with E-state index < -0.39 is 57.5 Å². The number of carbonyl (C=O) groups is 4. The fourth-order valence-electron chi connectivity index (χ4n) is 3.50. The molecule has 0 spiro atoms. The summed E-state index contributed by atoms with van der Waals surface area (Å²) in [4.78, 5) is 50.1. The van der Waals surface area contributed by atoms with Crippen LogP contribution >= 0.6 is 35.3 Å². The maximum Gasteiger partial charge on any atom is 0.442 e. The summed E-state index contributed by atoms with van der Waals surface area (Å²) in [5.74, 6) is -4.08. The van der Waals surface area contributed by atoms with Gasteiger partial charge in [-0.05, 0) is 35.4 Å². The standard InChI is InChI=1S/C18H22F3N7O5S3/c1-2-5-22-10(29)4-3-9(36-17-24-26-27-25-17)8-6-34-15-12(14(31)28(15)13(8)16(32)33)23-11(30)7-35-18(19,20)21/h9,12,15H,2-7H2,1H3,(H,22,29)(H,23,30)(H,32,33)(H,24,25,26,27)/t9?,12?,15-/m0/s1. The van der Waals surface area contributed by atoms with Crippen molar-refractivity contribution in [1.29, 1.82) is 0 Å². The Morgan fingerprint density at radius 1 is 1.33 bits per heavy atom. The zero-order chi connectivity index (χ0) is 26.5. The van der Waals surface area contributed by atoms with Crippen molar-refractivity contribution in [3.63, 3.8) is 0 Å². The number of hydrogen-bond acceptors (Lipinski definition) is 10. The third-order valence-electron chi connectivity index (χ3n) is 5.05. The molecule has 18 heteroatoms. The molecular formula is C18H22F3N7O5S3. The Labute approximate surface area is 215 Å². The molecule has 1 aromatic rings. The molecule has 2 aliphatic rings. The van der Waals surface area contributed by atoms with Crippen LogP contribution in [-0.2, 0) is 19.2 Å². The smallest absolute Gasteiger partial charge is 0.442 e. The number of rotatable bonds is 12. The minimum atomic E-state index is -4.60. The average molecular weight is 570 g/mol. The molecule has 36 heavy (non-hydrogen) atoms. The highest BCUT2D eigenvalue weighted by molar-refractivity contribution is 8.01. The lowest BCUT2D eigenvalue weighted by Crippen LogP contribution is -2.71. The first-order chi connectivity index (χ1) is 17.0. The number of tetrazole rings is 1. The van der Waals surface area contributed by atoms with Crippen LogP contribution in [0, 0.1) is 0 Å². The van der Waals surface area contributed by atoms with Crippen molar-refractivity contribution in [1.82, 2.24) is 36.2 Å². The summed E-state index contributed by atoms with van der Waals surface area (Å²) in [7, 11) is 0. The number of carbonyl (C=O) groups excluding carboxylic acids is 3. The van der Waals surface area contributed by atoms with E-state index in [0.29, 0.717) is 12.1 Å². The van der Waals surface area contributed by atoms with Gasteiger partial charge in [-0.15, -0.1) is 22.0 Å². The molecule has 0 radical (unpaired) electrons. The van der Waals surface area contributed by atoms with Gasteiger partial charge in [0.1, 0.15) is 17.1 Å². The monoisotopic (exact) mass is 569 g/mol. The molecule has 1 saturated heterocycles. The summed E-state index contributed by atoms with van der Waals surface area (Å²) in [6, 6.07) is -1.14. The lowest BCUT2D eigenvalue weighted by Gasteiger charge is -2.50. The number of carboxylic acids is 1. The summed E-state index contributed by atoms with van der Waals surface area (Å²) in [5.41, 5.74) is -4.51. The first-order valence-electron chi connectivity index (χ1n) is 10.6. The Morgan fingerprint density at radius 2 is 2.08 bits per heavy atom. The van der Waals surface area contributed by atoms with E-state index >= 15 is 0 Å². The van der Waals surface area contributed by atoms with Gasteiger partial charge in [-0.1, -0.05) is 18.7 Å². The Kier molecular flexibility index (Phi) is 9.51. The third-order valence-corrected chi connectivity index (χ3v) is 8.28. The Balaban J connectivity index is 1.78. The summed E-state index contributed by atoms with van der Waals surface area (Å²) in [5, 5.41) is 27.3. The number of carboxylic acid groups (broad SMARTS) is 1. The van der Waals surface area contributed by atoms with Crippen molar-refractivity contribution >= 4 is 59.0 Å². The van der Waals surface area contributed by atoms with Crippen LogP contribution in [0.5, 0.6) is 0 Å². The number of alkyl halides is 3. The van der Waals surface area contributed by atoms with Gasteiger partial charge in [-0.3, -0.25) is 19.3 Å². The van der Waals surface area contributed by atoms with Crippen molar-refractivity contribution in [3.05, 3.63) is 11.3 Å². The van der Waals surface area contributed by atoms with E-state index in [4.69, 9.17) is 0 Å². The number of fused-ring (bicyclic) bond motifs is 1. The average Bonchev–Trinajstić information content (AvgIpc) is 3.34. The molecule has 0 aromatic carbocycles. The number of nitrogens with one attached hydrogen (secondary N) is 3. The van der Waals surface area contributed by atoms with E-state index in [0.717, 1.165) is 23.1 Å². The molecule has 1 aromatic heterocycles. The molecule has 0 saturated carbocycles. The Hall–Kier alpha value is -2.47. The third kappa shape index (κ3) is 7.06. The summed E-state index contributed by atoms with van der Waals surface area (Å²) < 4.78 is 37.1. The van der Waals surface area contributed by atoms with Crippen LogP contribution in [0.3, 0.4) is 0 Å². The minimum absolute atomic E-state index is 0.0868. The summed E-state index contributed by atoms with van der Waals surface area (Å²) in [6.07, 6.45) is 1.06. The van der Waals surface area contributed by atoms with Crippen molar-refractivity contribution < 1.29 is 37.5 Å². The van der Waals surface area contributed by atoms with Crippen LogP contribution in [0.1, 0.15) is 26.2 Å². The predicted molar refractivity (Wildman–Crippen MR) is 125 cm³/mol. The Bertz CT molecular complexity index is 1020. The van der Waals surface area contributed by atoms with E-state index in [1.54, 1.807) is 0 Å². The highest BCUT2D eigenvalue weighted by Crippen LogP contribution is 2.44. The highest BCUT2D eigenvalue weighted by Gasteiger charge is 2.55. The zero-order valence-corrected chi connectivity index (χ0v) is 21.2.